The van der Waals surface area contributed by atoms with Gasteiger partial charge in [-0.2, -0.15) is 0 Å². The normalized spacial score (nSPS) is 11.1. The summed E-state index contributed by atoms with van der Waals surface area (Å²) in [6.07, 6.45) is 0. The minimum Gasteiger partial charge on any atom is -0.462 e. The molecule has 2 aromatic heterocycles. The van der Waals surface area contributed by atoms with E-state index in [0.29, 0.717) is 17.8 Å². The predicted molar refractivity (Wildman–Crippen MR) is 71.5 cm³/mol. The summed E-state index contributed by atoms with van der Waals surface area (Å²) in [4.78, 5) is 12.0. The molecule has 0 bridgehead atoms. The summed E-state index contributed by atoms with van der Waals surface area (Å²) >= 11 is 6.04. The standard InChI is InChI=1S/C13H10ClN3O2/c1-2-19-12(18)9-7-8-5-3-4-6-10(8)17-11(9)15-16-13(17)14/h3-7H,2H2,1H3. The number of halogens is 1. The van der Waals surface area contributed by atoms with E-state index in [1.807, 2.05) is 24.3 Å². The largest absolute Gasteiger partial charge is 0.462 e. The van der Waals surface area contributed by atoms with E-state index in [1.165, 1.54) is 0 Å². The van der Waals surface area contributed by atoms with Gasteiger partial charge in [-0.05, 0) is 36.0 Å². The second-order valence-electron chi connectivity index (χ2n) is 3.97. The number of pyridine rings is 1. The van der Waals surface area contributed by atoms with E-state index in [4.69, 9.17) is 16.3 Å². The first-order valence-electron chi connectivity index (χ1n) is 5.82. The zero-order chi connectivity index (χ0) is 13.4. The average Bonchev–Trinajstić information content (AvgIpc) is 2.81. The highest BCUT2D eigenvalue weighted by atomic mass is 35.5. The third-order valence-corrected chi connectivity index (χ3v) is 3.08. The maximum Gasteiger partial charge on any atom is 0.342 e. The van der Waals surface area contributed by atoms with Gasteiger partial charge in [0.1, 0.15) is 5.56 Å². The molecule has 2 heterocycles. The van der Waals surface area contributed by atoms with Gasteiger partial charge in [0.05, 0.1) is 12.1 Å². The summed E-state index contributed by atoms with van der Waals surface area (Å²) in [5.74, 6) is -0.428. The van der Waals surface area contributed by atoms with Crippen LogP contribution >= 0.6 is 11.6 Å². The molecule has 1 aromatic carbocycles. The van der Waals surface area contributed by atoms with Crippen LogP contribution in [0.1, 0.15) is 17.3 Å². The molecule has 0 saturated carbocycles. The van der Waals surface area contributed by atoms with Gasteiger partial charge in [0, 0.05) is 0 Å². The van der Waals surface area contributed by atoms with Crippen LogP contribution in [-0.4, -0.2) is 27.2 Å². The van der Waals surface area contributed by atoms with Crippen molar-refractivity contribution in [1.29, 1.82) is 0 Å². The lowest BCUT2D eigenvalue weighted by Gasteiger charge is -2.07. The maximum absolute atomic E-state index is 12.0. The van der Waals surface area contributed by atoms with Crippen LogP contribution in [0.15, 0.2) is 30.3 Å². The quantitative estimate of drug-likeness (QED) is 0.675. The van der Waals surface area contributed by atoms with Crippen molar-refractivity contribution in [1.82, 2.24) is 14.6 Å². The van der Waals surface area contributed by atoms with E-state index in [-0.39, 0.29) is 5.28 Å². The number of carbonyl (C=O) groups excluding carboxylic acids is 1. The summed E-state index contributed by atoms with van der Waals surface area (Å²) < 4.78 is 6.67. The van der Waals surface area contributed by atoms with E-state index in [0.717, 1.165) is 10.9 Å². The topological polar surface area (TPSA) is 56.5 Å². The molecule has 19 heavy (non-hydrogen) atoms. The molecule has 0 aliphatic carbocycles. The predicted octanol–water partition coefficient (Wildman–Crippen LogP) is 2.71. The van der Waals surface area contributed by atoms with Crippen molar-refractivity contribution in [3.05, 3.63) is 41.2 Å². The number of para-hydroxylation sites is 1. The Kier molecular flexibility index (Phi) is 2.83. The second-order valence-corrected chi connectivity index (χ2v) is 4.30. The Bertz CT molecular complexity index is 782. The SMILES string of the molecule is CCOC(=O)c1cc2ccccc2n2c(Cl)nnc12. The fourth-order valence-electron chi connectivity index (χ4n) is 2.05. The van der Waals surface area contributed by atoms with Crippen LogP contribution < -0.4 is 0 Å². The average molecular weight is 276 g/mol. The van der Waals surface area contributed by atoms with Gasteiger partial charge in [0.25, 0.3) is 0 Å². The molecule has 3 aromatic rings. The van der Waals surface area contributed by atoms with Crippen LogP contribution in [0.3, 0.4) is 0 Å². The molecule has 0 spiro atoms. The molecule has 0 unspecified atom stereocenters. The van der Waals surface area contributed by atoms with Crippen molar-refractivity contribution in [2.24, 2.45) is 0 Å². The molecule has 0 fully saturated rings. The van der Waals surface area contributed by atoms with Gasteiger partial charge >= 0.3 is 5.97 Å². The lowest BCUT2D eigenvalue weighted by Crippen LogP contribution is -2.07. The van der Waals surface area contributed by atoms with E-state index < -0.39 is 5.97 Å². The van der Waals surface area contributed by atoms with Gasteiger partial charge < -0.3 is 4.74 Å². The molecule has 3 rings (SSSR count). The first kappa shape index (κ1) is 11.9. The zero-order valence-corrected chi connectivity index (χ0v) is 10.9. The first-order chi connectivity index (χ1) is 9.22. The highest BCUT2D eigenvalue weighted by Crippen LogP contribution is 2.23. The molecule has 6 heteroatoms. The number of esters is 1. The van der Waals surface area contributed by atoms with E-state index in [9.17, 15) is 4.79 Å². The third-order valence-electron chi connectivity index (χ3n) is 2.84. The smallest absolute Gasteiger partial charge is 0.342 e. The Morgan fingerprint density at radius 1 is 1.37 bits per heavy atom. The van der Waals surface area contributed by atoms with Gasteiger partial charge in [-0.3, -0.25) is 4.40 Å². The fourth-order valence-corrected chi connectivity index (χ4v) is 2.25. The monoisotopic (exact) mass is 275 g/mol. The molecule has 0 radical (unpaired) electrons. The molecule has 0 aliphatic rings. The van der Waals surface area contributed by atoms with Gasteiger partial charge in [-0.25, -0.2) is 4.79 Å². The van der Waals surface area contributed by atoms with Gasteiger partial charge in [0.2, 0.25) is 5.28 Å². The highest BCUT2D eigenvalue weighted by molar-refractivity contribution is 6.29. The molecule has 0 N–H and O–H groups in total. The molecule has 0 amide bonds. The number of hydrogen-bond donors (Lipinski definition) is 0. The van der Waals surface area contributed by atoms with Crippen LogP contribution in [-0.2, 0) is 4.74 Å². The van der Waals surface area contributed by atoms with Crippen LogP contribution in [0, 0.1) is 0 Å². The van der Waals surface area contributed by atoms with Gasteiger partial charge in [-0.1, -0.05) is 18.2 Å². The lowest BCUT2D eigenvalue weighted by molar-refractivity contribution is 0.0528. The minimum absolute atomic E-state index is 0.220. The van der Waals surface area contributed by atoms with Crippen molar-refractivity contribution in [3.63, 3.8) is 0 Å². The highest BCUT2D eigenvalue weighted by Gasteiger charge is 2.18. The van der Waals surface area contributed by atoms with Crippen LogP contribution in [0.25, 0.3) is 16.6 Å². The first-order valence-corrected chi connectivity index (χ1v) is 6.19. The molecule has 5 nitrogen and oxygen atoms in total. The van der Waals surface area contributed by atoms with Gasteiger partial charge in [0.15, 0.2) is 5.65 Å². The van der Waals surface area contributed by atoms with Crippen molar-refractivity contribution in [2.45, 2.75) is 6.92 Å². The molecule has 0 saturated heterocycles. The molecular weight excluding hydrogens is 266 g/mol. The number of hydrogen-bond acceptors (Lipinski definition) is 4. The van der Waals surface area contributed by atoms with Crippen molar-refractivity contribution in [2.75, 3.05) is 6.61 Å². The Labute approximate surface area is 113 Å². The van der Waals surface area contributed by atoms with E-state index >= 15 is 0 Å². The van der Waals surface area contributed by atoms with E-state index in [2.05, 4.69) is 10.2 Å². The zero-order valence-electron chi connectivity index (χ0n) is 10.1. The minimum atomic E-state index is -0.428. The summed E-state index contributed by atoms with van der Waals surface area (Å²) in [6.45, 7) is 2.06. The molecule has 96 valence electrons. The summed E-state index contributed by atoms with van der Waals surface area (Å²) in [5.41, 5.74) is 1.61. The third kappa shape index (κ3) is 1.82. The summed E-state index contributed by atoms with van der Waals surface area (Å²) in [6, 6.07) is 9.32. The Morgan fingerprint density at radius 3 is 2.95 bits per heavy atom. The Morgan fingerprint density at radius 2 is 2.16 bits per heavy atom. The number of ether oxygens (including phenoxy) is 1. The summed E-state index contributed by atoms with van der Waals surface area (Å²) in [5, 5.41) is 8.87. The number of rotatable bonds is 2. The van der Waals surface area contributed by atoms with Gasteiger partial charge in [-0.15, -0.1) is 10.2 Å². The summed E-state index contributed by atoms with van der Waals surface area (Å²) in [7, 11) is 0. The number of benzene rings is 1. The maximum atomic E-state index is 12.0. The van der Waals surface area contributed by atoms with Crippen LogP contribution in [0.4, 0.5) is 0 Å². The number of aromatic nitrogens is 3. The van der Waals surface area contributed by atoms with Crippen LogP contribution in [0.5, 0.6) is 0 Å². The van der Waals surface area contributed by atoms with Crippen molar-refractivity contribution >= 4 is 34.1 Å². The second kappa shape index (κ2) is 4.51. The number of carbonyl (C=O) groups is 1. The molecule has 0 atom stereocenters. The molecular formula is C13H10ClN3O2. The molecule has 0 aliphatic heterocycles. The number of fused-ring (bicyclic) bond motifs is 3. The van der Waals surface area contributed by atoms with E-state index in [1.54, 1.807) is 17.4 Å². The van der Waals surface area contributed by atoms with Crippen molar-refractivity contribution in [3.8, 4) is 0 Å². The Hall–Kier alpha value is -2.14. The lowest BCUT2D eigenvalue weighted by atomic mass is 10.1. The number of nitrogens with zero attached hydrogens (tertiary/aromatic N) is 3. The van der Waals surface area contributed by atoms with Crippen LogP contribution in [0.2, 0.25) is 5.28 Å². The fraction of sp³-hybridized carbons (Fsp3) is 0.154. The van der Waals surface area contributed by atoms with Crippen molar-refractivity contribution < 1.29 is 9.53 Å². The Balaban J connectivity index is 2.40.